The van der Waals surface area contributed by atoms with Crippen LogP contribution in [0.4, 0.5) is 5.69 Å². The fourth-order valence-electron chi connectivity index (χ4n) is 3.66. The molecule has 0 fully saturated rings. The topological polar surface area (TPSA) is 90.9 Å². The molecule has 1 aromatic carbocycles. The number of esters is 3. The van der Waals surface area contributed by atoms with E-state index in [1.165, 1.54) is 78.4 Å². The van der Waals surface area contributed by atoms with Crippen LogP contribution < -0.4 is 5.32 Å². The SMILES string of the molecule is COC(=O)CCCCCCCCCCCCCCCNc1ccc(C(=O)OCC(=O)OC)cc1. The van der Waals surface area contributed by atoms with Gasteiger partial charge in [0.1, 0.15) is 0 Å². The predicted octanol–water partition coefficient (Wildman–Crippen LogP) is 6.06. The van der Waals surface area contributed by atoms with Crippen molar-refractivity contribution in [3.63, 3.8) is 0 Å². The molecule has 0 spiro atoms. The van der Waals surface area contributed by atoms with Gasteiger partial charge in [-0.25, -0.2) is 9.59 Å². The number of ether oxygens (including phenoxy) is 3. The van der Waals surface area contributed by atoms with Crippen molar-refractivity contribution in [1.82, 2.24) is 0 Å². The zero-order valence-corrected chi connectivity index (χ0v) is 21.1. The van der Waals surface area contributed by atoms with Crippen LogP contribution in [0.5, 0.6) is 0 Å². The van der Waals surface area contributed by atoms with E-state index in [1.807, 2.05) is 12.1 Å². The molecule has 0 aliphatic heterocycles. The standard InChI is InChI=1S/C27H43NO6/c1-32-25(29)16-14-12-10-8-6-4-3-5-7-9-11-13-15-21-28-24-19-17-23(18-20-24)27(31)34-22-26(30)33-2/h17-20,28H,3-16,21-22H2,1-2H3. The van der Waals surface area contributed by atoms with Crippen molar-refractivity contribution in [1.29, 1.82) is 0 Å². The number of methoxy groups -OCH3 is 2. The van der Waals surface area contributed by atoms with Gasteiger partial charge < -0.3 is 19.5 Å². The lowest BCUT2D eigenvalue weighted by molar-refractivity contribution is -0.144. The molecule has 0 aliphatic carbocycles. The first-order valence-electron chi connectivity index (χ1n) is 12.7. The van der Waals surface area contributed by atoms with Crippen LogP contribution in [-0.2, 0) is 23.8 Å². The van der Waals surface area contributed by atoms with Crippen molar-refractivity contribution in [3.05, 3.63) is 29.8 Å². The highest BCUT2D eigenvalue weighted by molar-refractivity contribution is 5.91. The zero-order valence-electron chi connectivity index (χ0n) is 21.1. The Morgan fingerprint density at radius 3 is 1.62 bits per heavy atom. The maximum Gasteiger partial charge on any atom is 0.344 e. The van der Waals surface area contributed by atoms with Crippen molar-refractivity contribution in [3.8, 4) is 0 Å². The number of carbonyl (C=O) groups excluding carboxylic acids is 3. The maximum atomic E-state index is 11.8. The van der Waals surface area contributed by atoms with Crippen molar-refractivity contribution in [2.75, 3.05) is 32.7 Å². The molecule has 0 saturated carbocycles. The Morgan fingerprint density at radius 1 is 0.647 bits per heavy atom. The number of nitrogens with one attached hydrogen (secondary N) is 1. The fourth-order valence-corrected chi connectivity index (χ4v) is 3.66. The molecule has 192 valence electrons. The summed E-state index contributed by atoms with van der Waals surface area (Å²) in [6, 6.07) is 7.06. The summed E-state index contributed by atoms with van der Waals surface area (Å²) >= 11 is 0. The molecule has 0 atom stereocenters. The number of rotatable bonds is 20. The molecule has 0 unspecified atom stereocenters. The molecule has 0 aromatic heterocycles. The van der Waals surface area contributed by atoms with Crippen LogP contribution in [0.3, 0.4) is 0 Å². The molecular weight excluding hydrogens is 434 g/mol. The first-order valence-corrected chi connectivity index (χ1v) is 12.7. The smallest absolute Gasteiger partial charge is 0.344 e. The largest absolute Gasteiger partial charge is 0.469 e. The van der Waals surface area contributed by atoms with Crippen LogP contribution in [0.15, 0.2) is 24.3 Å². The second-order valence-corrected chi connectivity index (χ2v) is 8.58. The maximum absolute atomic E-state index is 11.8. The number of anilines is 1. The van der Waals surface area contributed by atoms with E-state index >= 15 is 0 Å². The summed E-state index contributed by atoms with van der Waals surface area (Å²) in [5.74, 6) is -1.21. The Kier molecular flexibility index (Phi) is 17.2. The summed E-state index contributed by atoms with van der Waals surface area (Å²) in [6.45, 7) is 0.530. The van der Waals surface area contributed by atoms with Gasteiger partial charge in [-0.05, 0) is 37.1 Å². The van der Waals surface area contributed by atoms with E-state index in [9.17, 15) is 14.4 Å². The van der Waals surface area contributed by atoms with Crippen LogP contribution in [0.2, 0.25) is 0 Å². The van der Waals surface area contributed by atoms with E-state index < -0.39 is 11.9 Å². The Hall–Kier alpha value is -2.57. The van der Waals surface area contributed by atoms with Gasteiger partial charge in [0.2, 0.25) is 0 Å². The third kappa shape index (κ3) is 15.3. The lowest BCUT2D eigenvalue weighted by Crippen LogP contribution is -2.15. The van der Waals surface area contributed by atoms with Gasteiger partial charge in [-0.3, -0.25) is 4.79 Å². The highest BCUT2D eigenvalue weighted by Gasteiger charge is 2.10. The normalized spacial score (nSPS) is 10.5. The van der Waals surface area contributed by atoms with E-state index in [-0.39, 0.29) is 12.6 Å². The minimum atomic E-state index is -0.580. The number of hydrogen-bond donors (Lipinski definition) is 1. The van der Waals surface area contributed by atoms with Crippen LogP contribution in [-0.4, -0.2) is 45.3 Å². The lowest BCUT2D eigenvalue weighted by Gasteiger charge is -2.08. The van der Waals surface area contributed by atoms with Gasteiger partial charge >= 0.3 is 17.9 Å². The highest BCUT2D eigenvalue weighted by Crippen LogP contribution is 2.14. The predicted molar refractivity (Wildman–Crippen MR) is 134 cm³/mol. The first kappa shape index (κ1) is 29.5. The Morgan fingerprint density at radius 2 is 1.12 bits per heavy atom. The van der Waals surface area contributed by atoms with Gasteiger partial charge in [0.25, 0.3) is 0 Å². The Bertz CT molecular complexity index is 689. The molecule has 1 N–H and O–H groups in total. The number of carbonyl (C=O) groups is 3. The first-order chi connectivity index (χ1) is 16.6. The molecule has 0 radical (unpaired) electrons. The van der Waals surface area contributed by atoms with E-state index in [1.54, 1.807) is 12.1 Å². The summed E-state index contributed by atoms with van der Waals surface area (Å²) in [6.07, 6.45) is 16.6. The van der Waals surface area contributed by atoms with E-state index in [0.717, 1.165) is 31.5 Å². The van der Waals surface area contributed by atoms with Gasteiger partial charge in [0, 0.05) is 18.7 Å². The summed E-state index contributed by atoms with van der Waals surface area (Å²) in [4.78, 5) is 33.9. The summed E-state index contributed by atoms with van der Waals surface area (Å²) in [5.41, 5.74) is 1.37. The molecule has 34 heavy (non-hydrogen) atoms. The quantitative estimate of drug-likeness (QED) is 0.139. The van der Waals surface area contributed by atoms with E-state index in [4.69, 9.17) is 4.74 Å². The molecule has 7 heteroatoms. The Labute approximate surface area is 204 Å². The van der Waals surface area contributed by atoms with Gasteiger partial charge in [-0.15, -0.1) is 0 Å². The van der Waals surface area contributed by atoms with Crippen LogP contribution in [0, 0.1) is 0 Å². The van der Waals surface area contributed by atoms with Crippen molar-refractivity contribution in [2.24, 2.45) is 0 Å². The zero-order chi connectivity index (χ0) is 24.9. The molecular formula is C27H43NO6. The summed E-state index contributed by atoms with van der Waals surface area (Å²) < 4.78 is 14.0. The minimum Gasteiger partial charge on any atom is -0.469 e. The average Bonchev–Trinajstić information content (AvgIpc) is 2.86. The summed E-state index contributed by atoms with van der Waals surface area (Å²) in [7, 11) is 2.70. The molecule has 1 aromatic rings. The third-order valence-corrected chi connectivity index (χ3v) is 5.78. The lowest BCUT2D eigenvalue weighted by atomic mass is 10.0. The molecule has 0 saturated heterocycles. The van der Waals surface area contributed by atoms with Gasteiger partial charge in [-0.2, -0.15) is 0 Å². The molecule has 0 amide bonds. The monoisotopic (exact) mass is 477 g/mol. The van der Waals surface area contributed by atoms with Crippen LogP contribution in [0.1, 0.15) is 100 Å². The summed E-state index contributed by atoms with van der Waals surface area (Å²) in [5, 5.41) is 3.37. The number of unbranched alkanes of at least 4 members (excludes halogenated alkanes) is 12. The van der Waals surface area contributed by atoms with E-state index in [0.29, 0.717) is 12.0 Å². The number of hydrogen-bond acceptors (Lipinski definition) is 7. The molecule has 1 rings (SSSR count). The van der Waals surface area contributed by atoms with Gasteiger partial charge in [-0.1, -0.05) is 70.6 Å². The molecule has 7 nitrogen and oxygen atoms in total. The van der Waals surface area contributed by atoms with Crippen molar-refractivity contribution >= 4 is 23.6 Å². The van der Waals surface area contributed by atoms with Crippen molar-refractivity contribution < 1.29 is 28.6 Å². The molecule has 0 aliphatic rings. The third-order valence-electron chi connectivity index (χ3n) is 5.78. The van der Waals surface area contributed by atoms with E-state index in [2.05, 4.69) is 14.8 Å². The highest BCUT2D eigenvalue weighted by atomic mass is 16.6. The second kappa shape index (κ2) is 19.9. The van der Waals surface area contributed by atoms with Crippen molar-refractivity contribution in [2.45, 2.75) is 89.9 Å². The minimum absolute atomic E-state index is 0.0954. The average molecular weight is 478 g/mol. The second-order valence-electron chi connectivity index (χ2n) is 8.58. The number of benzene rings is 1. The van der Waals surface area contributed by atoms with Gasteiger partial charge in [0.05, 0.1) is 19.8 Å². The Balaban J connectivity index is 1.91. The van der Waals surface area contributed by atoms with Gasteiger partial charge in [0.15, 0.2) is 6.61 Å². The fraction of sp³-hybridized carbons (Fsp3) is 0.667. The van der Waals surface area contributed by atoms with Crippen LogP contribution in [0.25, 0.3) is 0 Å². The van der Waals surface area contributed by atoms with Crippen LogP contribution >= 0.6 is 0 Å². The molecule has 0 heterocycles. The molecule has 0 bridgehead atoms.